The molecular formula is C9H16N2O. The highest BCUT2D eigenvalue weighted by Gasteiger charge is 2.18. The second-order valence-electron chi connectivity index (χ2n) is 2.95. The van der Waals surface area contributed by atoms with Gasteiger partial charge in [0.2, 0.25) is 0 Å². The van der Waals surface area contributed by atoms with Gasteiger partial charge in [-0.1, -0.05) is 6.08 Å². The first-order valence-electron chi connectivity index (χ1n) is 4.43. The molecule has 68 valence electrons. The highest BCUT2D eigenvalue weighted by Crippen LogP contribution is 2.14. The summed E-state index contributed by atoms with van der Waals surface area (Å²) in [5.74, 6) is 0.0272. The number of nitrogens with one attached hydrogen (secondary N) is 1. The number of amides is 1. The Morgan fingerprint density at radius 1 is 1.42 bits per heavy atom. The molecule has 1 N–H and O–H groups in total. The van der Waals surface area contributed by atoms with Crippen LogP contribution in [-0.4, -0.2) is 30.9 Å². The first kappa shape index (κ1) is 9.10. The maximum absolute atomic E-state index is 11.3. The van der Waals surface area contributed by atoms with Gasteiger partial charge in [-0.05, 0) is 19.8 Å². The van der Waals surface area contributed by atoms with Crippen LogP contribution in [0.5, 0.6) is 0 Å². The van der Waals surface area contributed by atoms with E-state index in [0.29, 0.717) is 0 Å². The van der Waals surface area contributed by atoms with Gasteiger partial charge in [0.15, 0.2) is 0 Å². The molecule has 1 aliphatic heterocycles. The van der Waals surface area contributed by atoms with Crippen LogP contribution in [-0.2, 0) is 4.79 Å². The molecule has 0 unspecified atom stereocenters. The third-order valence-corrected chi connectivity index (χ3v) is 2.18. The van der Waals surface area contributed by atoms with E-state index < -0.39 is 0 Å². The fourth-order valence-corrected chi connectivity index (χ4v) is 1.54. The van der Waals surface area contributed by atoms with Crippen molar-refractivity contribution in [1.82, 2.24) is 10.2 Å². The van der Waals surface area contributed by atoms with E-state index in [1.165, 1.54) is 12.8 Å². The van der Waals surface area contributed by atoms with E-state index in [0.717, 1.165) is 18.8 Å². The average molecular weight is 168 g/mol. The van der Waals surface area contributed by atoms with Gasteiger partial charge in [0, 0.05) is 20.1 Å². The van der Waals surface area contributed by atoms with Crippen molar-refractivity contribution in [3.05, 3.63) is 11.8 Å². The van der Waals surface area contributed by atoms with Crippen molar-refractivity contribution in [3.8, 4) is 0 Å². The monoisotopic (exact) mass is 168 g/mol. The zero-order valence-corrected chi connectivity index (χ0v) is 7.76. The lowest BCUT2D eigenvalue weighted by atomic mass is 10.3. The molecule has 1 saturated heterocycles. The van der Waals surface area contributed by atoms with E-state index in [9.17, 15) is 4.79 Å². The zero-order valence-electron chi connectivity index (χ0n) is 7.76. The molecule has 0 atom stereocenters. The largest absolute Gasteiger partial charge is 0.367 e. The summed E-state index contributed by atoms with van der Waals surface area (Å²) in [6, 6.07) is 0. The number of likely N-dealkylation sites (N-methyl/N-ethyl adjacent to an activating group) is 1. The zero-order chi connectivity index (χ0) is 8.97. The van der Waals surface area contributed by atoms with E-state index in [1.807, 2.05) is 13.0 Å². The van der Waals surface area contributed by atoms with E-state index >= 15 is 0 Å². The van der Waals surface area contributed by atoms with Crippen LogP contribution in [0.15, 0.2) is 11.8 Å². The fraction of sp³-hybridized carbons (Fsp3) is 0.667. The molecule has 1 amide bonds. The second-order valence-corrected chi connectivity index (χ2v) is 2.95. The number of nitrogens with zero attached hydrogens (tertiary/aromatic N) is 1. The van der Waals surface area contributed by atoms with E-state index in [-0.39, 0.29) is 5.91 Å². The van der Waals surface area contributed by atoms with E-state index in [1.54, 1.807) is 7.05 Å². The van der Waals surface area contributed by atoms with Crippen molar-refractivity contribution in [2.45, 2.75) is 19.8 Å². The number of hydrogen-bond acceptors (Lipinski definition) is 2. The SMILES string of the molecule is CC=C(C(=O)NC)N1CCCC1. The molecule has 0 aliphatic carbocycles. The average Bonchev–Trinajstić information content (AvgIpc) is 2.58. The maximum atomic E-state index is 11.3. The molecule has 1 aliphatic rings. The molecule has 0 bridgehead atoms. The minimum Gasteiger partial charge on any atom is -0.367 e. The fourth-order valence-electron chi connectivity index (χ4n) is 1.54. The molecule has 0 saturated carbocycles. The van der Waals surface area contributed by atoms with Crippen molar-refractivity contribution in [3.63, 3.8) is 0 Å². The molecule has 12 heavy (non-hydrogen) atoms. The van der Waals surface area contributed by atoms with Crippen LogP contribution in [0, 0.1) is 0 Å². The molecule has 1 heterocycles. The first-order chi connectivity index (χ1) is 5.79. The number of carbonyl (C=O) groups excluding carboxylic acids is 1. The van der Waals surface area contributed by atoms with E-state index in [4.69, 9.17) is 0 Å². The lowest BCUT2D eigenvalue weighted by Crippen LogP contribution is -2.31. The van der Waals surface area contributed by atoms with Crippen LogP contribution in [0.3, 0.4) is 0 Å². The van der Waals surface area contributed by atoms with Crippen LogP contribution in [0.4, 0.5) is 0 Å². The number of likely N-dealkylation sites (tertiary alicyclic amines) is 1. The molecule has 1 rings (SSSR count). The van der Waals surface area contributed by atoms with Crippen molar-refractivity contribution in [2.75, 3.05) is 20.1 Å². The second kappa shape index (κ2) is 4.14. The molecule has 0 aromatic carbocycles. The van der Waals surface area contributed by atoms with Crippen LogP contribution in [0.2, 0.25) is 0 Å². The van der Waals surface area contributed by atoms with Gasteiger partial charge in [-0.3, -0.25) is 4.79 Å². The summed E-state index contributed by atoms with van der Waals surface area (Å²) in [7, 11) is 1.67. The maximum Gasteiger partial charge on any atom is 0.266 e. The van der Waals surface area contributed by atoms with Gasteiger partial charge in [-0.15, -0.1) is 0 Å². The Morgan fingerprint density at radius 3 is 2.42 bits per heavy atom. The number of carbonyl (C=O) groups is 1. The van der Waals surface area contributed by atoms with Gasteiger partial charge in [0.05, 0.1) is 5.70 Å². The summed E-state index contributed by atoms with van der Waals surface area (Å²) in [5, 5.41) is 2.64. The minimum absolute atomic E-state index is 0.0272. The molecular weight excluding hydrogens is 152 g/mol. The molecule has 0 radical (unpaired) electrons. The Morgan fingerprint density at radius 2 is 2.00 bits per heavy atom. The van der Waals surface area contributed by atoms with Gasteiger partial charge >= 0.3 is 0 Å². The Kier molecular flexibility index (Phi) is 3.14. The molecule has 3 heteroatoms. The number of hydrogen-bond donors (Lipinski definition) is 1. The summed E-state index contributed by atoms with van der Waals surface area (Å²) < 4.78 is 0. The van der Waals surface area contributed by atoms with Crippen molar-refractivity contribution < 1.29 is 4.79 Å². The highest BCUT2D eigenvalue weighted by molar-refractivity contribution is 5.92. The molecule has 0 aromatic rings. The third kappa shape index (κ3) is 1.78. The topological polar surface area (TPSA) is 32.3 Å². The minimum atomic E-state index is 0.0272. The summed E-state index contributed by atoms with van der Waals surface area (Å²) >= 11 is 0. The standard InChI is InChI=1S/C9H16N2O/c1-3-8(9(12)10-2)11-6-4-5-7-11/h3H,4-7H2,1-2H3,(H,10,12). The summed E-state index contributed by atoms with van der Waals surface area (Å²) in [6.07, 6.45) is 4.28. The van der Waals surface area contributed by atoms with Crippen LogP contribution in [0.1, 0.15) is 19.8 Å². The van der Waals surface area contributed by atoms with Crippen LogP contribution in [0.25, 0.3) is 0 Å². The Hall–Kier alpha value is -0.990. The van der Waals surface area contributed by atoms with Crippen LogP contribution >= 0.6 is 0 Å². The number of rotatable bonds is 2. The third-order valence-electron chi connectivity index (χ3n) is 2.18. The molecule has 0 spiro atoms. The highest BCUT2D eigenvalue weighted by atomic mass is 16.2. The smallest absolute Gasteiger partial charge is 0.266 e. The van der Waals surface area contributed by atoms with Gasteiger partial charge in [0.1, 0.15) is 0 Å². The quantitative estimate of drug-likeness (QED) is 0.616. The first-order valence-corrected chi connectivity index (χ1v) is 4.43. The normalized spacial score (nSPS) is 18.2. The van der Waals surface area contributed by atoms with E-state index in [2.05, 4.69) is 10.2 Å². The van der Waals surface area contributed by atoms with Crippen molar-refractivity contribution in [1.29, 1.82) is 0 Å². The van der Waals surface area contributed by atoms with Gasteiger partial charge in [0.25, 0.3) is 5.91 Å². The lowest BCUT2D eigenvalue weighted by Gasteiger charge is -2.19. The van der Waals surface area contributed by atoms with Gasteiger partial charge in [-0.2, -0.15) is 0 Å². The van der Waals surface area contributed by atoms with Crippen molar-refractivity contribution in [2.24, 2.45) is 0 Å². The summed E-state index contributed by atoms with van der Waals surface area (Å²) in [5.41, 5.74) is 0.815. The van der Waals surface area contributed by atoms with Gasteiger partial charge < -0.3 is 10.2 Å². The predicted octanol–water partition coefficient (Wildman–Crippen LogP) is 0.732. The lowest BCUT2D eigenvalue weighted by molar-refractivity contribution is -0.118. The Bertz CT molecular complexity index is 193. The van der Waals surface area contributed by atoms with Crippen LogP contribution < -0.4 is 5.32 Å². The molecule has 0 aromatic heterocycles. The summed E-state index contributed by atoms with van der Waals surface area (Å²) in [4.78, 5) is 13.4. The number of allylic oxidation sites excluding steroid dienone is 1. The molecule has 1 fully saturated rings. The Labute approximate surface area is 73.4 Å². The Balaban J connectivity index is 2.61. The molecule has 3 nitrogen and oxygen atoms in total. The van der Waals surface area contributed by atoms with Crippen molar-refractivity contribution >= 4 is 5.91 Å². The van der Waals surface area contributed by atoms with Gasteiger partial charge in [-0.25, -0.2) is 0 Å². The summed E-state index contributed by atoms with van der Waals surface area (Å²) in [6.45, 7) is 3.95. The predicted molar refractivity (Wildman–Crippen MR) is 48.6 cm³/mol.